The molecule has 1 aromatic carbocycles. The number of carbonyl (C=O) groups excluding carboxylic acids is 2. The van der Waals surface area contributed by atoms with E-state index in [1.807, 2.05) is 52.0 Å². The Morgan fingerprint density at radius 1 is 1.26 bits per heavy atom. The number of aryl methyl sites for hydroxylation is 1. The number of aliphatic imine (C=N–C) groups is 1. The van der Waals surface area contributed by atoms with E-state index in [1.54, 1.807) is 0 Å². The van der Waals surface area contributed by atoms with Crippen molar-refractivity contribution in [1.29, 1.82) is 0 Å². The van der Waals surface area contributed by atoms with Crippen LogP contribution in [0.4, 0.5) is 17.1 Å². The van der Waals surface area contributed by atoms with Gasteiger partial charge >= 0.3 is 0 Å². The highest BCUT2D eigenvalue weighted by Crippen LogP contribution is 2.37. The van der Waals surface area contributed by atoms with Gasteiger partial charge in [0.25, 0.3) is 5.91 Å². The Kier molecular flexibility index (Phi) is 6.91. The third-order valence-electron chi connectivity index (χ3n) is 5.38. The van der Waals surface area contributed by atoms with Gasteiger partial charge < -0.3 is 20.4 Å². The van der Waals surface area contributed by atoms with Gasteiger partial charge in [0.15, 0.2) is 6.40 Å². The zero-order chi connectivity index (χ0) is 22.5. The lowest BCUT2D eigenvalue weighted by atomic mass is 10.0. The average molecular weight is 424 g/mol. The Bertz CT molecular complexity index is 1050. The molecule has 0 unspecified atom stereocenters. The molecule has 2 aromatic rings. The van der Waals surface area contributed by atoms with Gasteiger partial charge in [0, 0.05) is 22.6 Å². The molecule has 0 radical (unpaired) electrons. The van der Waals surface area contributed by atoms with Gasteiger partial charge in [0.1, 0.15) is 0 Å². The number of ether oxygens (including phenoxy) is 1. The molecule has 164 valence electrons. The molecule has 0 saturated heterocycles. The van der Waals surface area contributed by atoms with E-state index in [0.29, 0.717) is 17.8 Å². The number of carbonyl (C=O) groups is 2. The number of hydrogen-bond acceptors (Lipinski definition) is 5. The molecule has 0 atom stereocenters. The largest absolute Gasteiger partial charge is 0.486 e. The van der Waals surface area contributed by atoms with Crippen molar-refractivity contribution in [2.75, 3.05) is 37.4 Å². The Labute approximate surface area is 182 Å². The maximum absolute atomic E-state index is 12.6. The van der Waals surface area contributed by atoms with Gasteiger partial charge in [-0.15, -0.1) is 0 Å². The number of amides is 2. The Morgan fingerprint density at radius 3 is 2.68 bits per heavy atom. The summed E-state index contributed by atoms with van der Waals surface area (Å²) in [6.07, 6.45) is 3.16. The van der Waals surface area contributed by atoms with Crippen molar-refractivity contribution < 1.29 is 14.3 Å². The molecule has 0 spiro atoms. The van der Waals surface area contributed by atoms with E-state index in [-0.39, 0.29) is 11.8 Å². The van der Waals surface area contributed by atoms with Crippen molar-refractivity contribution in [3.8, 4) is 0 Å². The summed E-state index contributed by atoms with van der Waals surface area (Å²) in [5, 5.41) is 5.89. The molecule has 3 N–H and O–H groups in total. The molecule has 2 amide bonds. The van der Waals surface area contributed by atoms with E-state index >= 15 is 0 Å². The summed E-state index contributed by atoms with van der Waals surface area (Å²) in [7, 11) is 1.53. The van der Waals surface area contributed by atoms with Crippen LogP contribution in [-0.4, -0.2) is 54.8 Å². The molecule has 1 aliphatic heterocycles. The van der Waals surface area contributed by atoms with Gasteiger partial charge in [-0.3, -0.25) is 14.5 Å². The molecule has 3 rings (SSSR count). The van der Waals surface area contributed by atoms with E-state index in [4.69, 9.17) is 4.74 Å². The Morgan fingerprint density at radius 2 is 2.00 bits per heavy atom. The van der Waals surface area contributed by atoms with Gasteiger partial charge in [0.2, 0.25) is 5.91 Å². The fraction of sp³-hybridized carbons (Fsp3) is 0.348. The molecular formula is C23H29N5O3. The maximum Gasteiger partial charge on any atom is 0.256 e. The molecule has 1 aromatic heterocycles. The third-order valence-corrected chi connectivity index (χ3v) is 5.38. The van der Waals surface area contributed by atoms with Crippen LogP contribution in [-0.2, 0) is 14.3 Å². The number of aromatic nitrogens is 1. The highest BCUT2D eigenvalue weighted by molar-refractivity contribution is 6.35. The van der Waals surface area contributed by atoms with E-state index in [1.165, 1.54) is 13.5 Å². The average Bonchev–Trinajstić information content (AvgIpc) is 3.20. The lowest BCUT2D eigenvalue weighted by molar-refractivity contribution is -0.117. The van der Waals surface area contributed by atoms with Crippen LogP contribution >= 0.6 is 0 Å². The highest BCUT2D eigenvalue weighted by Gasteiger charge is 2.25. The molecule has 0 bridgehead atoms. The molecule has 0 fully saturated rings. The fourth-order valence-electron chi connectivity index (χ4n) is 3.59. The number of anilines is 2. The van der Waals surface area contributed by atoms with Crippen LogP contribution in [0.5, 0.6) is 0 Å². The monoisotopic (exact) mass is 423 g/mol. The van der Waals surface area contributed by atoms with Crippen molar-refractivity contribution in [2.24, 2.45) is 4.99 Å². The van der Waals surface area contributed by atoms with Gasteiger partial charge in [-0.2, -0.15) is 0 Å². The number of nitrogens with zero attached hydrogens (tertiary/aromatic N) is 2. The van der Waals surface area contributed by atoms with Crippen molar-refractivity contribution in [1.82, 2.24) is 9.88 Å². The fourth-order valence-corrected chi connectivity index (χ4v) is 3.59. The first-order valence-corrected chi connectivity index (χ1v) is 10.3. The minimum atomic E-state index is -0.179. The van der Waals surface area contributed by atoms with Crippen LogP contribution in [0.2, 0.25) is 0 Å². The number of H-pyrrole nitrogens is 1. The van der Waals surface area contributed by atoms with Gasteiger partial charge in [0.05, 0.1) is 30.6 Å². The standard InChI is InChI=1S/C23H29N5O3/c1-6-28(7-2)12-21(29)27-22-14(3)20(25-15(22)4)11-18-17-10-16(24-13-31-5)8-9-19(17)26-23(18)30/h8-11,13,25H,6-7,12H2,1-5H3,(H,26,30)(H,27,29)/b18-11-,24-13?. The van der Waals surface area contributed by atoms with Crippen molar-refractivity contribution >= 4 is 46.9 Å². The van der Waals surface area contributed by atoms with Gasteiger partial charge in [-0.1, -0.05) is 13.8 Å². The van der Waals surface area contributed by atoms with Crippen molar-refractivity contribution in [2.45, 2.75) is 27.7 Å². The molecule has 8 nitrogen and oxygen atoms in total. The van der Waals surface area contributed by atoms with Crippen LogP contribution in [0, 0.1) is 13.8 Å². The molecule has 0 aliphatic carbocycles. The van der Waals surface area contributed by atoms with Crippen molar-refractivity contribution in [3.63, 3.8) is 0 Å². The van der Waals surface area contributed by atoms with Crippen LogP contribution in [0.3, 0.4) is 0 Å². The zero-order valence-electron chi connectivity index (χ0n) is 18.6. The van der Waals surface area contributed by atoms with E-state index in [0.717, 1.165) is 47.0 Å². The van der Waals surface area contributed by atoms with Gasteiger partial charge in [-0.05, 0) is 56.8 Å². The molecule has 31 heavy (non-hydrogen) atoms. The second-order valence-electron chi connectivity index (χ2n) is 7.39. The van der Waals surface area contributed by atoms with E-state index in [2.05, 4.69) is 25.5 Å². The number of nitrogens with one attached hydrogen (secondary N) is 3. The zero-order valence-corrected chi connectivity index (χ0v) is 18.6. The summed E-state index contributed by atoms with van der Waals surface area (Å²) >= 11 is 0. The second kappa shape index (κ2) is 9.61. The molecular weight excluding hydrogens is 394 g/mol. The first-order chi connectivity index (χ1) is 14.9. The van der Waals surface area contributed by atoms with Gasteiger partial charge in [-0.25, -0.2) is 4.99 Å². The minimum Gasteiger partial charge on any atom is -0.486 e. The highest BCUT2D eigenvalue weighted by atomic mass is 16.5. The first kappa shape index (κ1) is 22.3. The SMILES string of the molecule is CCN(CC)CC(=O)Nc1c(C)[nH]c(/C=C2\C(=O)Nc3ccc(N=COC)cc32)c1C. The van der Waals surface area contributed by atoms with E-state index < -0.39 is 0 Å². The Hall–Kier alpha value is -3.39. The number of methoxy groups -OCH3 is 1. The number of rotatable bonds is 8. The number of aromatic amines is 1. The summed E-state index contributed by atoms with van der Waals surface area (Å²) in [5.41, 5.74) is 5.99. The molecule has 8 heteroatoms. The number of hydrogen-bond donors (Lipinski definition) is 3. The summed E-state index contributed by atoms with van der Waals surface area (Å²) in [6, 6.07) is 5.47. The summed E-state index contributed by atoms with van der Waals surface area (Å²) in [5.74, 6) is -0.237. The minimum absolute atomic E-state index is 0.0577. The lowest BCUT2D eigenvalue weighted by Crippen LogP contribution is -2.33. The number of likely N-dealkylation sites (N-methyl/N-ethyl adjacent to an activating group) is 1. The van der Waals surface area contributed by atoms with Crippen LogP contribution in [0.25, 0.3) is 11.6 Å². The third kappa shape index (κ3) is 4.86. The summed E-state index contributed by atoms with van der Waals surface area (Å²) in [4.78, 5) is 34.6. The summed E-state index contributed by atoms with van der Waals surface area (Å²) < 4.78 is 4.88. The van der Waals surface area contributed by atoms with Crippen LogP contribution in [0.1, 0.15) is 36.4 Å². The maximum atomic E-state index is 12.6. The number of fused-ring (bicyclic) bond motifs is 1. The predicted molar refractivity (Wildman–Crippen MR) is 125 cm³/mol. The smallest absolute Gasteiger partial charge is 0.256 e. The second-order valence-corrected chi connectivity index (χ2v) is 7.39. The topological polar surface area (TPSA) is 98.8 Å². The quantitative estimate of drug-likeness (QED) is 0.342. The normalized spacial score (nSPS) is 14.4. The molecule has 2 heterocycles. The van der Waals surface area contributed by atoms with Crippen LogP contribution < -0.4 is 10.6 Å². The number of benzene rings is 1. The summed E-state index contributed by atoms with van der Waals surface area (Å²) in [6.45, 7) is 9.87. The van der Waals surface area contributed by atoms with Crippen LogP contribution in [0.15, 0.2) is 23.2 Å². The predicted octanol–water partition coefficient (Wildman–Crippen LogP) is 3.71. The Balaban J connectivity index is 1.90. The molecule has 1 aliphatic rings. The lowest BCUT2D eigenvalue weighted by Gasteiger charge is -2.17. The van der Waals surface area contributed by atoms with Crippen molar-refractivity contribution in [3.05, 3.63) is 40.7 Å². The first-order valence-electron chi connectivity index (χ1n) is 10.3. The molecule has 0 saturated carbocycles. The van der Waals surface area contributed by atoms with E-state index in [9.17, 15) is 9.59 Å².